The topological polar surface area (TPSA) is 55.1 Å². The van der Waals surface area contributed by atoms with E-state index in [1.54, 1.807) is 6.07 Å². The molecule has 1 atom stereocenters. The van der Waals surface area contributed by atoms with E-state index in [-0.39, 0.29) is 11.9 Å². The van der Waals surface area contributed by atoms with Gasteiger partial charge in [-0.2, -0.15) is 0 Å². The summed E-state index contributed by atoms with van der Waals surface area (Å²) in [5, 5.41) is 2.72. The maximum Gasteiger partial charge on any atom is 0.251 e. The summed E-state index contributed by atoms with van der Waals surface area (Å²) >= 11 is 0. The fourth-order valence-electron chi connectivity index (χ4n) is 1.63. The number of carbonyl (C=O) groups excluding carboxylic acids is 1. The fourth-order valence-corrected chi connectivity index (χ4v) is 1.63. The highest BCUT2D eigenvalue weighted by atomic mass is 19.1. The Kier molecular flexibility index (Phi) is 3.19. The van der Waals surface area contributed by atoms with Crippen molar-refractivity contribution in [3.63, 3.8) is 0 Å². The third kappa shape index (κ3) is 2.79. The molecule has 1 amide bonds. The molecule has 1 aromatic rings. The standard InChI is InChI=1S/C12H15FN2O/c13-10-3-1-2-9(6-10)12(16)15-7-11(14)8-4-5-8/h1-3,6,8,11H,4-5,7,14H2,(H,15,16). The molecular formula is C12H15FN2O. The van der Waals surface area contributed by atoms with Gasteiger partial charge in [0.2, 0.25) is 0 Å². The first-order valence-electron chi connectivity index (χ1n) is 5.46. The van der Waals surface area contributed by atoms with E-state index in [0.717, 1.165) is 12.8 Å². The predicted molar refractivity (Wildman–Crippen MR) is 59.4 cm³/mol. The van der Waals surface area contributed by atoms with E-state index in [0.29, 0.717) is 18.0 Å². The summed E-state index contributed by atoms with van der Waals surface area (Å²) in [5.74, 6) is -0.123. The molecule has 0 spiro atoms. The summed E-state index contributed by atoms with van der Waals surface area (Å²) in [6.45, 7) is 0.458. The van der Waals surface area contributed by atoms with Crippen molar-refractivity contribution < 1.29 is 9.18 Å². The van der Waals surface area contributed by atoms with Crippen LogP contribution < -0.4 is 11.1 Å². The third-order valence-corrected chi connectivity index (χ3v) is 2.81. The second-order valence-corrected chi connectivity index (χ2v) is 4.22. The van der Waals surface area contributed by atoms with Gasteiger partial charge in [-0.15, -0.1) is 0 Å². The monoisotopic (exact) mass is 222 g/mol. The smallest absolute Gasteiger partial charge is 0.251 e. The van der Waals surface area contributed by atoms with E-state index >= 15 is 0 Å². The molecule has 0 bridgehead atoms. The summed E-state index contributed by atoms with van der Waals surface area (Å²) in [6.07, 6.45) is 2.30. The number of nitrogens with two attached hydrogens (primary N) is 1. The van der Waals surface area contributed by atoms with Crippen LogP contribution >= 0.6 is 0 Å². The van der Waals surface area contributed by atoms with Crippen molar-refractivity contribution in [1.82, 2.24) is 5.32 Å². The highest BCUT2D eigenvalue weighted by Crippen LogP contribution is 2.31. The zero-order valence-corrected chi connectivity index (χ0v) is 8.95. The number of hydrogen-bond acceptors (Lipinski definition) is 2. The fraction of sp³-hybridized carbons (Fsp3) is 0.417. The molecule has 3 nitrogen and oxygen atoms in total. The lowest BCUT2D eigenvalue weighted by atomic mass is 10.1. The van der Waals surface area contributed by atoms with Crippen LogP contribution in [0.15, 0.2) is 24.3 Å². The van der Waals surface area contributed by atoms with Crippen LogP contribution in [-0.4, -0.2) is 18.5 Å². The van der Waals surface area contributed by atoms with Gasteiger partial charge >= 0.3 is 0 Å². The van der Waals surface area contributed by atoms with E-state index in [1.807, 2.05) is 0 Å². The number of rotatable bonds is 4. The highest BCUT2D eigenvalue weighted by Gasteiger charge is 2.28. The molecule has 1 aliphatic rings. The number of amides is 1. The van der Waals surface area contributed by atoms with Crippen LogP contribution in [0.4, 0.5) is 4.39 Å². The molecule has 0 aromatic heterocycles. The molecule has 0 radical (unpaired) electrons. The number of carbonyl (C=O) groups is 1. The molecule has 2 rings (SSSR count). The van der Waals surface area contributed by atoms with Gasteiger partial charge in [0.15, 0.2) is 0 Å². The van der Waals surface area contributed by atoms with E-state index < -0.39 is 5.82 Å². The van der Waals surface area contributed by atoms with E-state index in [4.69, 9.17) is 5.73 Å². The molecule has 3 N–H and O–H groups in total. The Morgan fingerprint density at radius 1 is 1.56 bits per heavy atom. The first kappa shape index (κ1) is 11.1. The highest BCUT2D eigenvalue weighted by molar-refractivity contribution is 5.94. The average Bonchev–Trinajstić information content (AvgIpc) is 3.09. The minimum atomic E-state index is -0.404. The molecule has 86 valence electrons. The lowest BCUT2D eigenvalue weighted by Crippen LogP contribution is -2.38. The van der Waals surface area contributed by atoms with Gasteiger partial charge in [0.05, 0.1) is 0 Å². The summed E-state index contributed by atoms with van der Waals surface area (Å²) in [4.78, 5) is 11.6. The number of hydrogen-bond donors (Lipinski definition) is 2. The molecular weight excluding hydrogens is 207 g/mol. The van der Waals surface area contributed by atoms with Gasteiger partial charge in [-0.25, -0.2) is 4.39 Å². The molecule has 0 saturated heterocycles. The van der Waals surface area contributed by atoms with Crippen LogP contribution in [0.5, 0.6) is 0 Å². The van der Waals surface area contributed by atoms with Crippen LogP contribution in [0.25, 0.3) is 0 Å². The predicted octanol–water partition coefficient (Wildman–Crippen LogP) is 1.29. The quantitative estimate of drug-likeness (QED) is 0.806. The van der Waals surface area contributed by atoms with E-state index in [9.17, 15) is 9.18 Å². The normalized spacial score (nSPS) is 16.9. The maximum atomic E-state index is 12.9. The molecule has 1 aliphatic carbocycles. The Morgan fingerprint density at radius 2 is 2.31 bits per heavy atom. The zero-order valence-electron chi connectivity index (χ0n) is 8.95. The summed E-state index contributed by atoms with van der Waals surface area (Å²) in [7, 11) is 0. The molecule has 1 unspecified atom stereocenters. The first-order chi connectivity index (χ1) is 7.66. The summed E-state index contributed by atoms with van der Waals surface area (Å²) in [5.41, 5.74) is 6.18. The minimum Gasteiger partial charge on any atom is -0.350 e. The maximum absolute atomic E-state index is 12.9. The van der Waals surface area contributed by atoms with E-state index in [1.165, 1.54) is 18.2 Å². The second-order valence-electron chi connectivity index (χ2n) is 4.22. The van der Waals surface area contributed by atoms with Crippen LogP contribution in [0.1, 0.15) is 23.2 Å². The molecule has 1 saturated carbocycles. The summed E-state index contributed by atoms with van der Waals surface area (Å²) in [6, 6.07) is 5.66. The van der Waals surface area contributed by atoms with Gasteiger partial charge in [0.1, 0.15) is 5.82 Å². The number of halogens is 1. The van der Waals surface area contributed by atoms with Crippen molar-refractivity contribution in [2.45, 2.75) is 18.9 Å². The van der Waals surface area contributed by atoms with Gasteiger partial charge in [-0.3, -0.25) is 4.79 Å². The third-order valence-electron chi connectivity index (χ3n) is 2.81. The Hall–Kier alpha value is -1.42. The largest absolute Gasteiger partial charge is 0.350 e. The Labute approximate surface area is 93.8 Å². The number of nitrogens with one attached hydrogen (secondary N) is 1. The van der Waals surface area contributed by atoms with Crippen LogP contribution in [-0.2, 0) is 0 Å². The molecule has 1 aromatic carbocycles. The lowest BCUT2D eigenvalue weighted by molar-refractivity contribution is 0.0950. The summed E-state index contributed by atoms with van der Waals surface area (Å²) < 4.78 is 12.9. The molecule has 16 heavy (non-hydrogen) atoms. The van der Waals surface area contributed by atoms with Gasteiger partial charge in [0, 0.05) is 18.2 Å². The SMILES string of the molecule is NC(CNC(=O)c1cccc(F)c1)C1CC1. The Balaban J connectivity index is 1.87. The number of benzene rings is 1. The van der Waals surface area contributed by atoms with Gasteiger partial charge in [-0.05, 0) is 37.0 Å². The van der Waals surface area contributed by atoms with Crippen molar-refractivity contribution in [3.8, 4) is 0 Å². The van der Waals surface area contributed by atoms with Crippen LogP contribution in [0.3, 0.4) is 0 Å². The van der Waals surface area contributed by atoms with Crippen LogP contribution in [0.2, 0.25) is 0 Å². The molecule has 4 heteroatoms. The average molecular weight is 222 g/mol. The van der Waals surface area contributed by atoms with Gasteiger partial charge in [0.25, 0.3) is 5.91 Å². The van der Waals surface area contributed by atoms with Gasteiger partial charge in [-0.1, -0.05) is 6.07 Å². The van der Waals surface area contributed by atoms with Crippen molar-refractivity contribution in [3.05, 3.63) is 35.6 Å². The Bertz CT molecular complexity index is 390. The lowest BCUT2D eigenvalue weighted by Gasteiger charge is -2.11. The molecule has 1 fully saturated rings. The van der Waals surface area contributed by atoms with Crippen LogP contribution in [0, 0.1) is 11.7 Å². The second kappa shape index (κ2) is 4.61. The minimum absolute atomic E-state index is 0.0255. The van der Waals surface area contributed by atoms with E-state index in [2.05, 4.69) is 5.32 Å². The van der Waals surface area contributed by atoms with Crippen molar-refractivity contribution >= 4 is 5.91 Å². The molecule has 0 aliphatic heterocycles. The molecule has 0 heterocycles. The van der Waals surface area contributed by atoms with Crippen molar-refractivity contribution in [2.75, 3.05) is 6.54 Å². The Morgan fingerprint density at radius 3 is 2.94 bits per heavy atom. The first-order valence-corrected chi connectivity index (χ1v) is 5.46. The van der Waals surface area contributed by atoms with Crippen molar-refractivity contribution in [2.24, 2.45) is 11.7 Å². The van der Waals surface area contributed by atoms with Gasteiger partial charge < -0.3 is 11.1 Å². The van der Waals surface area contributed by atoms with Crippen molar-refractivity contribution in [1.29, 1.82) is 0 Å². The zero-order chi connectivity index (χ0) is 11.5.